The third kappa shape index (κ3) is 2.83. The summed E-state index contributed by atoms with van der Waals surface area (Å²) in [6, 6.07) is 10.3. The van der Waals surface area contributed by atoms with E-state index >= 15 is 0 Å². The van der Waals surface area contributed by atoms with Crippen molar-refractivity contribution in [3.8, 4) is 17.0 Å². The number of rotatable bonds is 3. The van der Waals surface area contributed by atoms with Crippen LogP contribution in [-0.2, 0) is 0 Å². The Morgan fingerprint density at radius 3 is 2.65 bits per heavy atom. The average molecular weight is 332 g/mol. The van der Waals surface area contributed by atoms with Crippen molar-refractivity contribution < 1.29 is 19.0 Å². The van der Waals surface area contributed by atoms with Gasteiger partial charge in [-0.05, 0) is 42.5 Å². The molecule has 3 rings (SSSR count). The fraction of sp³-hybridized carbons (Fsp3) is 0.0588. The molecule has 0 atom stereocenters. The highest BCUT2D eigenvalue weighted by Gasteiger charge is 2.14. The van der Waals surface area contributed by atoms with Crippen molar-refractivity contribution in [1.82, 2.24) is 4.98 Å². The molecule has 0 bridgehead atoms. The van der Waals surface area contributed by atoms with Gasteiger partial charge in [0, 0.05) is 10.9 Å². The Hall–Kier alpha value is -2.66. The van der Waals surface area contributed by atoms with Gasteiger partial charge in [0.1, 0.15) is 11.6 Å². The number of carbonyl (C=O) groups is 1. The van der Waals surface area contributed by atoms with Crippen molar-refractivity contribution >= 4 is 28.5 Å². The predicted molar refractivity (Wildman–Crippen MR) is 85.7 cm³/mol. The van der Waals surface area contributed by atoms with Crippen molar-refractivity contribution in [3.63, 3.8) is 0 Å². The maximum absolute atomic E-state index is 13.4. The highest BCUT2D eigenvalue weighted by Crippen LogP contribution is 2.31. The largest absolute Gasteiger partial charge is 0.495 e. The van der Waals surface area contributed by atoms with Gasteiger partial charge in [-0.15, -0.1) is 0 Å². The number of ether oxygens (including phenoxy) is 1. The van der Waals surface area contributed by atoms with Gasteiger partial charge in [-0.1, -0.05) is 11.6 Å². The molecule has 6 heteroatoms. The molecule has 0 radical (unpaired) electrons. The number of hydrogen-bond acceptors (Lipinski definition) is 3. The number of pyridine rings is 1. The van der Waals surface area contributed by atoms with E-state index in [9.17, 15) is 14.3 Å². The van der Waals surface area contributed by atoms with Crippen LogP contribution in [0.25, 0.3) is 22.2 Å². The minimum absolute atomic E-state index is 0.0172. The van der Waals surface area contributed by atoms with Crippen molar-refractivity contribution in [2.45, 2.75) is 0 Å². The Morgan fingerprint density at radius 2 is 2.00 bits per heavy atom. The third-order valence-corrected chi connectivity index (χ3v) is 3.74. The molecular formula is C17H11ClFNO3. The number of benzene rings is 2. The predicted octanol–water partition coefficient (Wildman–Crippen LogP) is 4.40. The van der Waals surface area contributed by atoms with Crippen LogP contribution in [0.1, 0.15) is 10.4 Å². The summed E-state index contributed by atoms with van der Waals surface area (Å²) in [5, 5.41) is 10.0. The van der Waals surface area contributed by atoms with E-state index in [0.717, 1.165) is 6.07 Å². The van der Waals surface area contributed by atoms with E-state index in [1.807, 2.05) is 0 Å². The molecule has 0 aliphatic rings. The van der Waals surface area contributed by atoms with Gasteiger partial charge in [-0.3, -0.25) is 0 Å². The molecule has 0 amide bonds. The third-order valence-electron chi connectivity index (χ3n) is 3.45. The highest BCUT2D eigenvalue weighted by molar-refractivity contribution is 6.32. The van der Waals surface area contributed by atoms with E-state index in [2.05, 4.69) is 4.98 Å². The standard InChI is InChI=1S/C17H11ClFNO3/c1-23-16-5-2-9(6-13(16)18)15-8-12(17(21)22)11-7-10(19)3-4-14(11)20-15/h2-8H,1H3,(H,21,22). The summed E-state index contributed by atoms with van der Waals surface area (Å²) in [6.07, 6.45) is 0. The van der Waals surface area contributed by atoms with Gasteiger partial charge in [-0.25, -0.2) is 14.2 Å². The van der Waals surface area contributed by atoms with Crippen molar-refractivity contribution in [1.29, 1.82) is 0 Å². The van der Waals surface area contributed by atoms with Crippen molar-refractivity contribution in [2.75, 3.05) is 7.11 Å². The summed E-state index contributed by atoms with van der Waals surface area (Å²) in [5.41, 5.74) is 1.46. The minimum atomic E-state index is -1.15. The molecule has 23 heavy (non-hydrogen) atoms. The molecule has 0 spiro atoms. The number of aromatic carboxylic acids is 1. The van der Waals surface area contributed by atoms with Gasteiger partial charge in [0.15, 0.2) is 0 Å². The first-order valence-electron chi connectivity index (χ1n) is 6.67. The fourth-order valence-corrected chi connectivity index (χ4v) is 2.61. The Labute approximate surface area is 136 Å². The molecule has 0 aliphatic heterocycles. The minimum Gasteiger partial charge on any atom is -0.495 e. The molecule has 1 N–H and O–H groups in total. The zero-order valence-electron chi connectivity index (χ0n) is 12.0. The van der Waals surface area contributed by atoms with Crippen LogP contribution in [0.2, 0.25) is 5.02 Å². The van der Waals surface area contributed by atoms with Crippen LogP contribution in [-0.4, -0.2) is 23.2 Å². The highest BCUT2D eigenvalue weighted by atomic mass is 35.5. The lowest BCUT2D eigenvalue weighted by Crippen LogP contribution is -2.00. The zero-order valence-corrected chi connectivity index (χ0v) is 12.8. The first-order chi connectivity index (χ1) is 11.0. The van der Waals surface area contributed by atoms with Crippen LogP contribution in [0.3, 0.4) is 0 Å². The van der Waals surface area contributed by atoms with E-state index in [0.29, 0.717) is 27.5 Å². The first kappa shape index (κ1) is 15.2. The fourth-order valence-electron chi connectivity index (χ4n) is 2.35. The normalized spacial score (nSPS) is 10.7. The molecule has 0 unspecified atom stereocenters. The Balaban J connectivity index is 2.24. The number of carboxylic acids is 1. The topological polar surface area (TPSA) is 59.4 Å². The van der Waals surface area contributed by atoms with Gasteiger partial charge in [0.25, 0.3) is 0 Å². The average Bonchev–Trinajstić information content (AvgIpc) is 2.53. The summed E-state index contributed by atoms with van der Waals surface area (Å²) in [7, 11) is 1.51. The SMILES string of the molecule is COc1ccc(-c2cc(C(=O)O)c3cc(F)ccc3n2)cc1Cl. The van der Waals surface area contributed by atoms with Gasteiger partial charge < -0.3 is 9.84 Å². The van der Waals surface area contributed by atoms with Crippen molar-refractivity contribution in [2.24, 2.45) is 0 Å². The molecule has 4 nitrogen and oxygen atoms in total. The van der Waals surface area contributed by atoms with Crippen LogP contribution >= 0.6 is 11.6 Å². The lowest BCUT2D eigenvalue weighted by molar-refractivity contribution is 0.0699. The molecule has 1 aromatic heterocycles. The van der Waals surface area contributed by atoms with E-state index in [1.165, 1.54) is 25.3 Å². The van der Waals surface area contributed by atoms with Crippen LogP contribution in [0.15, 0.2) is 42.5 Å². The van der Waals surface area contributed by atoms with Gasteiger partial charge in [0.05, 0.1) is 28.9 Å². The van der Waals surface area contributed by atoms with E-state index in [-0.39, 0.29) is 10.9 Å². The number of fused-ring (bicyclic) bond motifs is 1. The molecule has 1 heterocycles. The Morgan fingerprint density at radius 1 is 1.22 bits per heavy atom. The summed E-state index contributed by atoms with van der Waals surface area (Å²) in [4.78, 5) is 15.9. The lowest BCUT2D eigenvalue weighted by atomic mass is 10.0. The monoisotopic (exact) mass is 331 g/mol. The lowest BCUT2D eigenvalue weighted by Gasteiger charge is -2.09. The number of aromatic nitrogens is 1. The van der Waals surface area contributed by atoms with Crippen LogP contribution < -0.4 is 4.74 Å². The Bertz CT molecular complexity index is 927. The molecule has 0 saturated carbocycles. The summed E-state index contributed by atoms with van der Waals surface area (Å²) < 4.78 is 18.5. The Kier molecular flexibility index (Phi) is 3.88. The molecule has 0 saturated heterocycles. The number of hydrogen-bond donors (Lipinski definition) is 1. The molecule has 3 aromatic rings. The zero-order chi connectivity index (χ0) is 16.6. The number of nitrogens with zero attached hydrogens (tertiary/aromatic N) is 1. The molecular weight excluding hydrogens is 321 g/mol. The maximum atomic E-state index is 13.4. The second-order valence-corrected chi connectivity index (χ2v) is 5.28. The molecule has 0 aliphatic carbocycles. The maximum Gasteiger partial charge on any atom is 0.336 e. The van der Waals surface area contributed by atoms with E-state index in [4.69, 9.17) is 16.3 Å². The van der Waals surface area contributed by atoms with Crippen LogP contribution in [0, 0.1) is 5.82 Å². The van der Waals surface area contributed by atoms with Gasteiger partial charge in [0.2, 0.25) is 0 Å². The first-order valence-corrected chi connectivity index (χ1v) is 7.05. The second kappa shape index (κ2) is 5.85. The number of carboxylic acid groups (broad SMARTS) is 1. The molecule has 2 aromatic carbocycles. The molecule has 116 valence electrons. The second-order valence-electron chi connectivity index (χ2n) is 4.87. The summed E-state index contributed by atoms with van der Waals surface area (Å²) in [5.74, 6) is -1.15. The van der Waals surface area contributed by atoms with Crippen LogP contribution in [0.4, 0.5) is 4.39 Å². The van der Waals surface area contributed by atoms with Gasteiger partial charge >= 0.3 is 5.97 Å². The quantitative estimate of drug-likeness (QED) is 0.772. The number of methoxy groups -OCH3 is 1. The van der Waals surface area contributed by atoms with E-state index in [1.54, 1.807) is 18.2 Å². The van der Waals surface area contributed by atoms with Crippen LogP contribution in [0.5, 0.6) is 5.75 Å². The summed E-state index contributed by atoms with van der Waals surface area (Å²) in [6.45, 7) is 0. The number of halogens is 2. The van der Waals surface area contributed by atoms with E-state index < -0.39 is 11.8 Å². The smallest absolute Gasteiger partial charge is 0.336 e. The summed E-state index contributed by atoms with van der Waals surface area (Å²) >= 11 is 6.10. The van der Waals surface area contributed by atoms with Gasteiger partial charge in [-0.2, -0.15) is 0 Å². The molecule has 0 fully saturated rings. The van der Waals surface area contributed by atoms with Crippen molar-refractivity contribution in [3.05, 3.63) is 58.9 Å².